The molecule has 0 bridgehead atoms. The summed E-state index contributed by atoms with van der Waals surface area (Å²) < 4.78 is 7.42. The number of nitrogens with zero attached hydrogens (tertiary/aromatic N) is 4. The normalized spacial score (nSPS) is 20.2. The Bertz CT molecular complexity index is 783. The van der Waals surface area contributed by atoms with Crippen LogP contribution in [0.2, 0.25) is 0 Å². The average Bonchev–Trinajstić information content (AvgIpc) is 3.19. The number of hydrogen-bond donors (Lipinski definition) is 0. The number of rotatable bonds is 2. The zero-order valence-electron chi connectivity index (χ0n) is 14.2. The van der Waals surface area contributed by atoms with Crippen molar-refractivity contribution in [2.45, 2.75) is 45.9 Å². The molecule has 6 nitrogen and oxygen atoms in total. The molecule has 126 valence electrons. The second kappa shape index (κ2) is 6.02. The predicted molar refractivity (Wildman–Crippen MR) is 88.6 cm³/mol. The van der Waals surface area contributed by atoms with E-state index in [9.17, 15) is 4.79 Å². The van der Waals surface area contributed by atoms with Gasteiger partial charge in [-0.2, -0.15) is 5.10 Å². The maximum absolute atomic E-state index is 12.9. The van der Waals surface area contributed by atoms with Gasteiger partial charge >= 0.3 is 0 Å². The van der Waals surface area contributed by atoms with Gasteiger partial charge in [0.15, 0.2) is 0 Å². The minimum Gasteiger partial charge on any atom is -0.372 e. The molecule has 1 atom stereocenters. The molecule has 4 rings (SSSR count). The van der Waals surface area contributed by atoms with Crippen molar-refractivity contribution < 1.29 is 9.53 Å². The van der Waals surface area contributed by atoms with Gasteiger partial charge in [0.1, 0.15) is 11.6 Å². The van der Waals surface area contributed by atoms with E-state index >= 15 is 0 Å². The Morgan fingerprint density at radius 2 is 2.08 bits per heavy atom. The number of ether oxygens (including phenoxy) is 1. The third-order valence-electron chi connectivity index (χ3n) is 4.91. The van der Waals surface area contributed by atoms with Crippen molar-refractivity contribution in [1.29, 1.82) is 0 Å². The first-order chi connectivity index (χ1) is 11.6. The molecule has 6 heteroatoms. The molecule has 3 heterocycles. The Labute approximate surface area is 141 Å². The minimum atomic E-state index is 0.101. The summed E-state index contributed by atoms with van der Waals surface area (Å²) in [5.41, 5.74) is 3.08. The second-order valence-corrected chi connectivity index (χ2v) is 6.67. The summed E-state index contributed by atoms with van der Waals surface area (Å²) in [5, 5.41) is 4.50. The SMILES string of the molecule is Cc1nc(C)n([C@H]2CCCN(C(=O)c3ccc4c(c3)COC4)C2)n1. The van der Waals surface area contributed by atoms with Gasteiger partial charge in [-0.3, -0.25) is 4.79 Å². The summed E-state index contributed by atoms with van der Waals surface area (Å²) >= 11 is 0. The molecule has 0 saturated carbocycles. The summed E-state index contributed by atoms with van der Waals surface area (Å²) in [6, 6.07) is 6.13. The number of benzene rings is 1. The Balaban J connectivity index is 1.53. The number of piperidine rings is 1. The maximum Gasteiger partial charge on any atom is 0.253 e. The molecule has 1 aromatic heterocycles. The van der Waals surface area contributed by atoms with Gasteiger partial charge in [-0.1, -0.05) is 6.07 Å². The number of hydrogen-bond acceptors (Lipinski definition) is 4. The predicted octanol–water partition coefficient (Wildman–Crippen LogP) is 2.40. The van der Waals surface area contributed by atoms with E-state index in [1.165, 1.54) is 5.56 Å². The highest BCUT2D eigenvalue weighted by molar-refractivity contribution is 5.94. The van der Waals surface area contributed by atoms with Gasteiger partial charge in [-0.05, 0) is 49.9 Å². The fraction of sp³-hybridized carbons (Fsp3) is 0.500. The quantitative estimate of drug-likeness (QED) is 0.850. The first-order valence-electron chi connectivity index (χ1n) is 8.50. The number of fused-ring (bicyclic) bond motifs is 1. The molecule has 0 aliphatic carbocycles. The lowest BCUT2D eigenvalue weighted by Gasteiger charge is -2.33. The van der Waals surface area contributed by atoms with Gasteiger partial charge in [0, 0.05) is 18.7 Å². The molecule has 2 aliphatic rings. The Morgan fingerprint density at radius 3 is 2.88 bits per heavy atom. The molecule has 1 saturated heterocycles. The van der Waals surface area contributed by atoms with Crippen molar-refractivity contribution in [2.24, 2.45) is 0 Å². The highest BCUT2D eigenvalue weighted by Gasteiger charge is 2.27. The van der Waals surface area contributed by atoms with Crippen LogP contribution in [-0.4, -0.2) is 38.7 Å². The van der Waals surface area contributed by atoms with Crippen LogP contribution in [0.15, 0.2) is 18.2 Å². The van der Waals surface area contributed by atoms with Crippen LogP contribution < -0.4 is 0 Å². The molecule has 2 aliphatic heterocycles. The average molecular weight is 326 g/mol. The largest absolute Gasteiger partial charge is 0.372 e. The monoisotopic (exact) mass is 326 g/mol. The van der Waals surface area contributed by atoms with Gasteiger partial charge in [-0.15, -0.1) is 0 Å². The summed E-state index contributed by atoms with van der Waals surface area (Å²) in [5.74, 6) is 1.81. The molecule has 1 fully saturated rings. The highest BCUT2D eigenvalue weighted by atomic mass is 16.5. The van der Waals surface area contributed by atoms with E-state index in [1.807, 2.05) is 41.6 Å². The van der Waals surface area contributed by atoms with Gasteiger partial charge < -0.3 is 9.64 Å². The molecule has 0 radical (unpaired) electrons. The van der Waals surface area contributed by atoms with Crippen LogP contribution in [0.4, 0.5) is 0 Å². The minimum absolute atomic E-state index is 0.101. The molecule has 0 unspecified atom stereocenters. The Hall–Kier alpha value is -2.21. The van der Waals surface area contributed by atoms with E-state index in [1.54, 1.807) is 0 Å². The van der Waals surface area contributed by atoms with Crippen LogP contribution in [0.3, 0.4) is 0 Å². The third kappa shape index (κ3) is 2.71. The number of carbonyl (C=O) groups is 1. The fourth-order valence-electron chi connectivity index (χ4n) is 3.71. The van der Waals surface area contributed by atoms with E-state index in [0.29, 0.717) is 19.8 Å². The van der Waals surface area contributed by atoms with E-state index < -0.39 is 0 Å². The van der Waals surface area contributed by atoms with Crippen LogP contribution in [0.5, 0.6) is 0 Å². The lowest BCUT2D eigenvalue weighted by molar-refractivity contribution is 0.0671. The Morgan fingerprint density at radius 1 is 1.25 bits per heavy atom. The molecule has 0 N–H and O–H groups in total. The number of likely N-dealkylation sites (tertiary alicyclic amines) is 1. The molecule has 1 amide bonds. The summed E-state index contributed by atoms with van der Waals surface area (Å²) in [4.78, 5) is 19.2. The van der Waals surface area contributed by atoms with Crippen molar-refractivity contribution in [3.05, 3.63) is 46.5 Å². The van der Waals surface area contributed by atoms with Crippen molar-refractivity contribution in [1.82, 2.24) is 19.7 Å². The Kier molecular flexibility index (Phi) is 3.84. The van der Waals surface area contributed by atoms with Crippen LogP contribution in [0.1, 0.15) is 52.0 Å². The van der Waals surface area contributed by atoms with Crippen molar-refractivity contribution >= 4 is 5.91 Å². The van der Waals surface area contributed by atoms with Gasteiger partial charge in [-0.25, -0.2) is 9.67 Å². The summed E-state index contributed by atoms with van der Waals surface area (Å²) in [6.07, 6.45) is 2.02. The first kappa shape index (κ1) is 15.3. The second-order valence-electron chi connectivity index (χ2n) is 6.67. The van der Waals surface area contributed by atoms with Crippen molar-refractivity contribution in [2.75, 3.05) is 13.1 Å². The number of carbonyl (C=O) groups excluding carboxylic acids is 1. The molecular formula is C18H22N4O2. The number of aryl methyl sites for hydroxylation is 2. The highest BCUT2D eigenvalue weighted by Crippen LogP contribution is 2.25. The van der Waals surface area contributed by atoms with E-state index in [2.05, 4.69) is 10.1 Å². The van der Waals surface area contributed by atoms with Crippen LogP contribution in [0.25, 0.3) is 0 Å². The standard InChI is InChI=1S/C18H22N4O2/c1-12-19-13(2)22(20-12)17-4-3-7-21(9-17)18(23)14-5-6-15-10-24-11-16(15)8-14/h5-6,8,17H,3-4,7,9-11H2,1-2H3/t17-/m0/s1. The van der Waals surface area contributed by atoms with Crippen LogP contribution in [0, 0.1) is 13.8 Å². The fourth-order valence-corrected chi connectivity index (χ4v) is 3.71. The zero-order valence-corrected chi connectivity index (χ0v) is 14.2. The summed E-state index contributed by atoms with van der Waals surface area (Å²) in [7, 11) is 0. The zero-order chi connectivity index (χ0) is 16.7. The molecular weight excluding hydrogens is 304 g/mol. The lowest BCUT2D eigenvalue weighted by Crippen LogP contribution is -2.41. The lowest BCUT2D eigenvalue weighted by atomic mass is 10.0. The van der Waals surface area contributed by atoms with Crippen LogP contribution >= 0.6 is 0 Å². The van der Waals surface area contributed by atoms with Gasteiger partial charge in [0.05, 0.1) is 19.3 Å². The third-order valence-corrected chi connectivity index (χ3v) is 4.91. The van der Waals surface area contributed by atoms with E-state index in [0.717, 1.165) is 42.2 Å². The van der Waals surface area contributed by atoms with E-state index in [4.69, 9.17) is 4.74 Å². The van der Waals surface area contributed by atoms with Crippen molar-refractivity contribution in [3.8, 4) is 0 Å². The van der Waals surface area contributed by atoms with Crippen molar-refractivity contribution in [3.63, 3.8) is 0 Å². The van der Waals surface area contributed by atoms with Crippen LogP contribution in [-0.2, 0) is 18.0 Å². The van der Waals surface area contributed by atoms with E-state index in [-0.39, 0.29) is 11.9 Å². The maximum atomic E-state index is 12.9. The molecule has 1 aromatic carbocycles. The topological polar surface area (TPSA) is 60.2 Å². The van der Waals surface area contributed by atoms with Gasteiger partial charge in [0.25, 0.3) is 5.91 Å². The molecule has 2 aromatic rings. The number of aromatic nitrogens is 3. The number of amides is 1. The smallest absolute Gasteiger partial charge is 0.253 e. The molecule has 24 heavy (non-hydrogen) atoms. The first-order valence-corrected chi connectivity index (χ1v) is 8.50. The summed E-state index contributed by atoms with van der Waals surface area (Å²) in [6.45, 7) is 6.63. The van der Waals surface area contributed by atoms with Gasteiger partial charge in [0.2, 0.25) is 0 Å². The molecule has 0 spiro atoms.